The number of carbonyl (C=O) groups is 1. The molecule has 1 unspecified atom stereocenters. The smallest absolute Gasteiger partial charge is 0.230 e. The summed E-state index contributed by atoms with van der Waals surface area (Å²) in [6.45, 7) is 4.32. The molecule has 1 aromatic carbocycles. The summed E-state index contributed by atoms with van der Waals surface area (Å²) in [5, 5.41) is 11.8. The minimum absolute atomic E-state index is 0.0176. The number of aryl methyl sites for hydroxylation is 1. The average Bonchev–Trinajstić information content (AvgIpc) is 3.08. The highest BCUT2D eigenvalue weighted by Crippen LogP contribution is 2.19. The fourth-order valence-electron chi connectivity index (χ4n) is 2.61. The Bertz CT molecular complexity index is 665. The molecular formula is C17H22N4O2S. The quantitative estimate of drug-likeness (QED) is 0.812. The van der Waals surface area contributed by atoms with Crippen molar-refractivity contribution >= 4 is 17.7 Å². The normalized spacial score (nSPS) is 17.6. The predicted octanol–water partition coefficient (Wildman–Crippen LogP) is 2.21. The zero-order chi connectivity index (χ0) is 16.8. The van der Waals surface area contributed by atoms with E-state index in [1.807, 2.05) is 35.8 Å². The fraction of sp³-hybridized carbons (Fsp3) is 0.471. The Labute approximate surface area is 146 Å². The van der Waals surface area contributed by atoms with Crippen molar-refractivity contribution in [2.45, 2.75) is 24.9 Å². The van der Waals surface area contributed by atoms with Crippen LogP contribution in [-0.2, 0) is 9.53 Å². The van der Waals surface area contributed by atoms with Gasteiger partial charge in [0.2, 0.25) is 5.91 Å². The molecule has 3 rings (SSSR count). The summed E-state index contributed by atoms with van der Waals surface area (Å²) < 4.78 is 7.32. The summed E-state index contributed by atoms with van der Waals surface area (Å²) in [7, 11) is 0. The molecule has 1 amide bonds. The van der Waals surface area contributed by atoms with Crippen molar-refractivity contribution < 1.29 is 9.53 Å². The molecule has 0 saturated carbocycles. The van der Waals surface area contributed by atoms with Crippen molar-refractivity contribution in [3.63, 3.8) is 0 Å². The maximum atomic E-state index is 12.0. The fourth-order valence-corrected chi connectivity index (χ4v) is 3.37. The van der Waals surface area contributed by atoms with E-state index in [4.69, 9.17) is 4.74 Å². The topological polar surface area (TPSA) is 69.0 Å². The maximum absolute atomic E-state index is 12.0. The van der Waals surface area contributed by atoms with E-state index in [9.17, 15) is 4.79 Å². The lowest BCUT2D eigenvalue weighted by Crippen LogP contribution is -2.34. The van der Waals surface area contributed by atoms with Gasteiger partial charge in [-0.05, 0) is 37.8 Å². The molecule has 1 N–H and O–H groups in total. The summed E-state index contributed by atoms with van der Waals surface area (Å²) in [5.74, 6) is 0.783. The van der Waals surface area contributed by atoms with Crippen LogP contribution < -0.4 is 5.32 Å². The molecule has 24 heavy (non-hydrogen) atoms. The van der Waals surface area contributed by atoms with Gasteiger partial charge in [0.05, 0.1) is 12.4 Å². The number of nitrogens with one attached hydrogen (secondary N) is 1. The first-order valence-corrected chi connectivity index (χ1v) is 9.15. The molecule has 6 nitrogen and oxygen atoms in total. The largest absolute Gasteiger partial charge is 0.381 e. The highest BCUT2D eigenvalue weighted by atomic mass is 32.2. The molecular weight excluding hydrogens is 324 g/mol. The van der Waals surface area contributed by atoms with Crippen LogP contribution in [0.4, 0.5) is 0 Å². The number of hydrogen-bond acceptors (Lipinski definition) is 5. The third-order valence-electron chi connectivity index (χ3n) is 4.00. The van der Waals surface area contributed by atoms with Crippen LogP contribution in [-0.4, -0.2) is 46.2 Å². The maximum Gasteiger partial charge on any atom is 0.230 e. The van der Waals surface area contributed by atoms with Gasteiger partial charge in [-0.3, -0.25) is 9.36 Å². The number of nitrogens with zero attached hydrogens (tertiary/aromatic N) is 3. The van der Waals surface area contributed by atoms with E-state index in [2.05, 4.69) is 15.5 Å². The van der Waals surface area contributed by atoms with Crippen molar-refractivity contribution in [3.05, 3.63) is 36.2 Å². The number of hydrogen-bond donors (Lipinski definition) is 1. The number of aromatic nitrogens is 3. The van der Waals surface area contributed by atoms with Gasteiger partial charge < -0.3 is 10.1 Å². The van der Waals surface area contributed by atoms with E-state index in [0.29, 0.717) is 18.2 Å². The molecule has 0 spiro atoms. The number of rotatable bonds is 6. The summed E-state index contributed by atoms with van der Waals surface area (Å²) >= 11 is 1.39. The van der Waals surface area contributed by atoms with Crippen molar-refractivity contribution in [2.75, 3.05) is 25.5 Å². The molecule has 128 valence electrons. The highest BCUT2D eigenvalue weighted by molar-refractivity contribution is 7.99. The second kappa shape index (κ2) is 8.30. The lowest BCUT2D eigenvalue weighted by Gasteiger charge is -2.22. The van der Waals surface area contributed by atoms with Gasteiger partial charge in [-0.2, -0.15) is 0 Å². The summed E-state index contributed by atoms with van der Waals surface area (Å²) in [6, 6.07) is 8.13. The molecule has 2 heterocycles. The van der Waals surface area contributed by atoms with Gasteiger partial charge in [0.25, 0.3) is 0 Å². The third kappa shape index (κ3) is 4.58. The van der Waals surface area contributed by atoms with Gasteiger partial charge >= 0.3 is 0 Å². The monoisotopic (exact) mass is 346 g/mol. The molecule has 1 aromatic heterocycles. The number of benzene rings is 1. The molecule has 2 aromatic rings. The van der Waals surface area contributed by atoms with E-state index in [0.717, 1.165) is 36.9 Å². The van der Waals surface area contributed by atoms with Gasteiger partial charge in [-0.15, -0.1) is 10.2 Å². The van der Waals surface area contributed by atoms with Crippen molar-refractivity contribution in [2.24, 2.45) is 5.92 Å². The SMILES string of the molecule is Cc1ccc(-n2cnnc2SCC(=O)NCC2CCCOC2)cc1. The first-order valence-electron chi connectivity index (χ1n) is 8.16. The Morgan fingerprint density at radius 2 is 2.25 bits per heavy atom. The first kappa shape index (κ1) is 17.0. The number of ether oxygens (including phenoxy) is 1. The van der Waals surface area contributed by atoms with Crippen LogP contribution >= 0.6 is 11.8 Å². The van der Waals surface area contributed by atoms with Crippen LogP contribution in [0.5, 0.6) is 0 Å². The second-order valence-electron chi connectivity index (χ2n) is 5.99. The van der Waals surface area contributed by atoms with E-state index in [-0.39, 0.29) is 5.91 Å². The Kier molecular flexibility index (Phi) is 5.87. The van der Waals surface area contributed by atoms with Gasteiger partial charge in [0, 0.05) is 18.8 Å². The van der Waals surface area contributed by atoms with Gasteiger partial charge in [0.1, 0.15) is 6.33 Å². The standard InChI is InChI=1S/C17H22N4O2S/c1-13-4-6-15(7-5-13)21-12-19-20-17(21)24-11-16(22)18-9-14-3-2-8-23-10-14/h4-7,12,14H,2-3,8-11H2,1H3,(H,18,22). The summed E-state index contributed by atoms with van der Waals surface area (Å²) in [5.41, 5.74) is 2.19. The van der Waals surface area contributed by atoms with E-state index >= 15 is 0 Å². The Hall–Kier alpha value is -1.86. The first-order chi connectivity index (χ1) is 11.7. The highest BCUT2D eigenvalue weighted by Gasteiger charge is 2.15. The van der Waals surface area contributed by atoms with Crippen LogP contribution in [0.15, 0.2) is 35.7 Å². The lowest BCUT2D eigenvalue weighted by atomic mass is 10.0. The van der Waals surface area contributed by atoms with Crippen LogP contribution in [0, 0.1) is 12.8 Å². The Balaban J connectivity index is 1.50. The second-order valence-corrected chi connectivity index (χ2v) is 6.94. The van der Waals surface area contributed by atoms with Crippen LogP contribution in [0.3, 0.4) is 0 Å². The van der Waals surface area contributed by atoms with Gasteiger partial charge in [0.15, 0.2) is 5.16 Å². The Morgan fingerprint density at radius 1 is 1.42 bits per heavy atom. The molecule has 0 radical (unpaired) electrons. The molecule has 1 fully saturated rings. The van der Waals surface area contributed by atoms with E-state index in [1.165, 1.54) is 17.3 Å². The van der Waals surface area contributed by atoms with Crippen molar-refractivity contribution in [1.29, 1.82) is 0 Å². The zero-order valence-electron chi connectivity index (χ0n) is 13.8. The van der Waals surface area contributed by atoms with Crippen molar-refractivity contribution in [3.8, 4) is 5.69 Å². The number of carbonyl (C=O) groups excluding carboxylic acids is 1. The molecule has 1 atom stereocenters. The molecule has 1 aliphatic heterocycles. The lowest BCUT2D eigenvalue weighted by molar-refractivity contribution is -0.118. The van der Waals surface area contributed by atoms with Gasteiger partial charge in [-0.1, -0.05) is 29.5 Å². The molecule has 0 bridgehead atoms. The van der Waals surface area contributed by atoms with Gasteiger partial charge in [-0.25, -0.2) is 0 Å². The Morgan fingerprint density at radius 3 is 3.00 bits per heavy atom. The predicted molar refractivity (Wildman–Crippen MR) is 93.4 cm³/mol. The van der Waals surface area contributed by atoms with Crippen LogP contribution in [0.1, 0.15) is 18.4 Å². The number of thioether (sulfide) groups is 1. The minimum atomic E-state index is 0.0176. The average molecular weight is 346 g/mol. The number of amides is 1. The molecule has 1 saturated heterocycles. The van der Waals surface area contributed by atoms with E-state index in [1.54, 1.807) is 6.33 Å². The molecule has 0 aliphatic carbocycles. The van der Waals surface area contributed by atoms with E-state index < -0.39 is 0 Å². The minimum Gasteiger partial charge on any atom is -0.381 e. The summed E-state index contributed by atoms with van der Waals surface area (Å²) in [6.07, 6.45) is 3.87. The third-order valence-corrected chi connectivity index (χ3v) is 4.95. The zero-order valence-corrected chi connectivity index (χ0v) is 14.6. The van der Waals surface area contributed by atoms with Crippen LogP contribution in [0.2, 0.25) is 0 Å². The molecule has 1 aliphatic rings. The van der Waals surface area contributed by atoms with Crippen molar-refractivity contribution in [1.82, 2.24) is 20.1 Å². The summed E-state index contributed by atoms with van der Waals surface area (Å²) in [4.78, 5) is 12.0. The molecule has 7 heteroatoms. The van der Waals surface area contributed by atoms with Crippen LogP contribution in [0.25, 0.3) is 5.69 Å².